The maximum Gasteiger partial charge on any atom is 0.284 e. The summed E-state index contributed by atoms with van der Waals surface area (Å²) in [5.41, 5.74) is -1.54. The molecule has 0 saturated carbocycles. The van der Waals surface area contributed by atoms with Gasteiger partial charge in [0.25, 0.3) is 11.4 Å². The molecule has 0 N–H and O–H groups in total. The monoisotopic (exact) mass is 326 g/mol. The molecule has 0 heterocycles. The Kier molecular flexibility index (Phi) is 3.44. The highest BCUT2D eigenvalue weighted by atomic mass is 16.6. The fraction of sp³-hybridized carbons (Fsp3) is 0.125. The summed E-state index contributed by atoms with van der Waals surface area (Å²) in [7, 11) is 0. The number of hydrogen-bond donors (Lipinski definition) is 0. The molecule has 2 aromatic rings. The predicted molar refractivity (Wildman–Crippen MR) is 82.4 cm³/mol. The number of carbonyl (C=O) groups is 2. The van der Waals surface area contributed by atoms with Gasteiger partial charge in [-0.1, -0.05) is 19.1 Å². The summed E-state index contributed by atoms with van der Waals surface area (Å²) in [5.74, 6) is -1.50. The highest BCUT2D eigenvalue weighted by Crippen LogP contribution is 2.38. The van der Waals surface area contributed by atoms with Crippen LogP contribution in [0.4, 0.5) is 11.4 Å². The van der Waals surface area contributed by atoms with Crippen molar-refractivity contribution in [2.45, 2.75) is 13.3 Å². The topological polar surface area (TPSA) is 120 Å². The number of fused-ring (bicyclic) bond motifs is 2. The summed E-state index contributed by atoms with van der Waals surface area (Å²) in [6.45, 7) is 1.70. The van der Waals surface area contributed by atoms with Crippen LogP contribution >= 0.6 is 0 Å². The van der Waals surface area contributed by atoms with E-state index in [2.05, 4.69) is 0 Å². The third kappa shape index (κ3) is 2.00. The average Bonchev–Trinajstić information content (AvgIpc) is 2.57. The molecule has 24 heavy (non-hydrogen) atoms. The summed E-state index contributed by atoms with van der Waals surface area (Å²) in [5, 5.41) is 22.6. The molecule has 0 amide bonds. The van der Waals surface area contributed by atoms with E-state index in [0.29, 0.717) is 12.0 Å². The highest BCUT2D eigenvalue weighted by Gasteiger charge is 2.40. The van der Waals surface area contributed by atoms with Gasteiger partial charge in [0, 0.05) is 22.8 Å². The van der Waals surface area contributed by atoms with E-state index in [1.807, 2.05) is 0 Å². The van der Waals surface area contributed by atoms with Gasteiger partial charge in [-0.3, -0.25) is 29.8 Å². The van der Waals surface area contributed by atoms with Crippen LogP contribution in [0.25, 0.3) is 0 Å². The summed E-state index contributed by atoms with van der Waals surface area (Å²) in [6, 6.07) is 6.41. The molecule has 0 radical (unpaired) electrons. The lowest BCUT2D eigenvalue weighted by molar-refractivity contribution is -0.386. The van der Waals surface area contributed by atoms with Crippen molar-refractivity contribution in [1.82, 2.24) is 0 Å². The third-order valence-electron chi connectivity index (χ3n) is 4.01. The molecule has 120 valence electrons. The predicted octanol–water partition coefficient (Wildman–Crippen LogP) is 2.84. The molecule has 0 saturated heterocycles. The SMILES string of the molecule is CCc1ccc2c(c1[N+](=O)[O-])C(=O)c1cccc([N+](=O)[O-])c1C2=O. The summed E-state index contributed by atoms with van der Waals surface area (Å²) in [6.07, 6.45) is 0.312. The van der Waals surface area contributed by atoms with Crippen LogP contribution in [0, 0.1) is 20.2 Å². The van der Waals surface area contributed by atoms with Crippen molar-refractivity contribution in [3.8, 4) is 0 Å². The van der Waals surface area contributed by atoms with Gasteiger partial charge < -0.3 is 0 Å². The largest absolute Gasteiger partial charge is 0.288 e. The van der Waals surface area contributed by atoms with E-state index in [4.69, 9.17) is 0 Å². The van der Waals surface area contributed by atoms with Gasteiger partial charge in [0.15, 0.2) is 0 Å². The number of hydrogen-bond acceptors (Lipinski definition) is 6. The zero-order chi connectivity index (χ0) is 17.6. The molecule has 0 spiro atoms. The van der Waals surface area contributed by atoms with Gasteiger partial charge in [0.05, 0.1) is 9.85 Å². The Morgan fingerprint density at radius 3 is 2.08 bits per heavy atom. The minimum atomic E-state index is -0.752. The minimum Gasteiger partial charge on any atom is -0.288 e. The first kappa shape index (κ1) is 15.5. The van der Waals surface area contributed by atoms with E-state index < -0.39 is 32.8 Å². The standard InChI is InChI=1S/C16H10N2O6/c1-2-8-6-7-10-13(14(8)18(23)24)16(20)9-4-3-5-11(17(21)22)12(9)15(10)19/h3-7H,2H2,1H3. The Hall–Kier alpha value is -3.42. The lowest BCUT2D eigenvalue weighted by Gasteiger charge is -2.18. The van der Waals surface area contributed by atoms with E-state index in [0.717, 1.165) is 6.07 Å². The summed E-state index contributed by atoms with van der Waals surface area (Å²) in [4.78, 5) is 46.6. The Balaban J connectivity index is 2.39. The lowest BCUT2D eigenvalue weighted by Crippen LogP contribution is -2.24. The summed E-state index contributed by atoms with van der Waals surface area (Å²) >= 11 is 0. The van der Waals surface area contributed by atoms with Crippen LogP contribution in [0.1, 0.15) is 44.3 Å². The zero-order valence-electron chi connectivity index (χ0n) is 12.4. The van der Waals surface area contributed by atoms with Crippen LogP contribution in [0.3, 0.4) is 0 Å². The molecular weight excluding hydrogens is 316 g/mol. The molecule has 1 aliphatic carbocycles. The normalized spacial score (nSPS) is 12.5. The Morgan fingerprint density at radius 2 is 1.50 bits per heavy atom. The van der Waals surface area contributed by atoms with E-state index in [-0.39, 0.29) is 22.3 Å². The number of nitro groups is 2. The quantitative estimate of drug-likeness (QED) is 0.539. The van der Waals surface area contributed by atoms with Crippen molar-refractivity contribution in [3.05, 3.63) is 78.4 Å². The molecule has 0 aromatic heterocycles. The van der Waals surface area contributed by atoms with Crippen LogP contribution in [-0.2, 0) is 6.42 Å². The number of ketones is 2. The zero-order valence-corrected chi connectivity index (χ0v) is 12.4. The fourth-order valence-corrected chi connectivity index (χ4v) is 2.94. The fourth-order valence-electron chi connectivity index (χ4n) is 2.94. The number of nitro benzene ring substituents is 2. The second-order valence-electron chi connectivity index (χ2n) is 5.22. The molecule has 0 unspecified atom stereocenters. The Labute approximate surface area is 135 Å². The van der Waals surface area contributed by atoms with Crippen molar-refractivity contribution < 1.29 is 19.4 Å². The molecule has 3 rings (SSSR count). The average molecular weight is 326 g/mol. The Morgan fingerprint density at radius 1 is 0.875 bits per heavy atom. The highest BCUT2D eigenvalue weighted by molar-refractivity contribution is 6.31. The third-order valence-corrected chi connectivity index (χ3v) is 4.01. The molecule has 2 aromatic carbocycles. The van der Waals surface area contributed by atoms with Gasteiger partial charge in [-0.05, 0) is 18.6 Å². The summed E-state index contributed by atoms with van der Waals surface area (Å²) < 4.78 is 0. The number of aryl methyl sites for hydroxylation is 1. The first-order chi connectivity index (χ1) is 11.4. The van der Waals surface area contributed by atoms with Crippen molar-refractivity contribution >= 4 is 22.9 Å². The molecule has 0 bridgehead atoms. The van der Waals surface area contributed by atoms with Gasteiger partial charge >= 0.3 is 0 Å². The molecule has 0 atom stereocenters. The van der Waals surface area contributed by atoms with E-state index in [1.165, 1.54) is 24.3 Å². The van der Waals surface area contributed by atoms with Gasteiger partial charge in [-0.15, -0.1) is 0 Å². The molecule has 0 fully saturated rings. The van der Waals surface area contributed by atoms with Gasteiger partial charge in [0.2, 0.25) is 11.6 Å². The van der Waals surface area contributed by atoms with Crippen LogP contribution in [-0.4, -0.2) is 21.4 Å². The number of benzene rings is 2. The number of nitrogens with zero attached hydrogens (tertiary/aromatic N) is 2. The number of rotatable bonds is 3. The second-order valence-corrected chi connectivity index (χ2v) is 5.22. The van der Waals surface area contributed by atoms with Crippen LogP contribution < -0.4 is 0 Å². The van der Waals surface area contributed by atoms with Gasteiger partial charge in [-0.2, -0.15) is 0 Å². The minimum absolute atomic E-state index is 0.175. The van der Waals surface area contributed by atoms with Crippen LogP contribution in [0.2, 0.25) is 0 Å². The smallest absolute Gasteiger partial charge is 0.284 e. The van der Waals surface area contributed by atoms with E-state index >= 15 is 0 Å². The van der Waals surface area contributed by atoms with Crippen molar-refractivity contribution in [2.24, 2.45) is 0 Å². The van der Waals surface area contributed by atoms with Crippen molar-refractivity contribution in [2.75, 3.05) is 0 Å². The van der Waals surface area contributed by atoms with Crippen LogP contribution in [0.5, 0.6) is 0 Å². The first-order valence-corrected chi connectivity index (χ1v) is 7.05. The molecule has 1 aliphatic rings. The molecule has 0 aliphatic heterocycles. The first-order valence-electron chi connectivity index (χ1n) is 7.05. The number of carbonyl (C=O) groups excluding carboxylic acids is 2. The second kappa shape index (κ2) is 5.34. The van der Waals surface area contributed by atoms with Crippen molar-refractivity contribution in [3.63, 3.8) is 0 Å². The van der Waals surface area contributed by atoms with Crippen LogP contribution in [0.15, 0.2) is 30.3 Å². The van der Waals surface area contributed by atoms with Gasteiger partial charge in [0.1, 0.15) is 11.1 Å². The van der Waals surface area contributed by atoms with Crippen molar-refractivity contribution in [1.29, 1.82) is 0 Å². The van der Waals surface area contributed by atoms with E-state index in [1.54, 1.807) is 6.92 Å². The van der Waals surface area contributed by atoms with Gasteiger partial charge in [-0.25, -0.2) is 0 Å². The Bertz CT molecular complexity index is 948. The maximum absolute atomic E-state index is 12.7. The van der Waals surface area contributed by atoms with E-state index in [9.17, 15) is 29.8 Å². The molecular formula is C16H10N2O6. The molecule has 8 heteroatoms. The lowest BCUT2D eigenvalue weighted by atomic mass is 9.81. The molecule has 8 nitrogen and oxygen atoms in total. The maximum atomic E-state index is 12.7.